The predicted molar refractivity (Wildman–Crippen MR) is 65.9 cm³/mol. The molecule has 2 bridgehead atoms. The third-order valence-corrected chi connectivity index (χ3v) is 4.49. The van der Waals surface area contributed by atoms with Gasteiger partial charge in [-0.15, -0.1) is 0 Å². The molecule has 1 saturated carbocycles. The van der Waals surface area contributed by atoms with Crippen LogP contribution in [0.1, 0.15) is 18.4 Å². The van der Waals surface area contributed by atoms with Crippen molar-refractivity contribution < 1.29 is 9.84 Å². The Morgan fingerprint density at radius 3 is 2.59 bits per heavy atom. The molecule has 1 aliphatic carbocycles. The summed E-state index contributed by atoms with van der Waals surface area (Å²) in [5.74, 6) is 1.37. The van der Waals surface area contributed by atoms with Gasteiger partial charge in [-0.3, -0.25) is 0 Å². The van der Waals surface area contributed by atoms with Crippen LogP contribution in [0.3, 0.4) is 0 Å². The largest absolute Gasteiger partial charge is 0.508 e. The molecule has 2 N–H and O–H groups in total. The van der Waals surface area contributed by atoms with Crippen molar-refractivity contribution in [2.75, 3.05) is 20.2 Å². The molecule has 1 heterocycles. The van der Waals surface area contributed by atoms with Gasteiger partial charge in [-0.25, -0.2) is 0 Å². The van der Waals surface area contributed by atoms with E-state index in [9.17, 15) is 5.11 Å². The lowest BCUT2D eigenvalue weighted by Crippen LogP contribution is -2.51. The summed E-state index contributed by atoms with van der Waals surface area (Å²) in [7, 11) is 1.81. The van der Waals surface area contributed by atoms with Gasteiger partial charge in [-0.2, -0.15) is 0 Å². The molecular weight excluding hydrogens is 214 g/mol. The van der Waals surface area contributed by atoms with Crippen LogP contribution in [-0.2, 0) is 10.3 Å². The number of aromatic hydroxyl groups is 1. The van der Waals surface area contributed by atoms with Crippen molar-refractivity contribution in [3.8, 4) is 5.75 Å². The van der Waals surface area contributed by atoms with E-state index in [2.05, 4.69) is 11.4 Å². The molecule has 0 amide bonds. The second kappa shape index (κ2) is 4.00. The molecule has 3 nitrogen and oxygen atoms in total. The molecule has 0 radical (unpaired) electrons. The molecule has 17 heavy (non-hydrogen) atoms. The SMILES string of the molecule is COC1(c2cccc(O)c2)C2CCC1CNC2. The topological polar surface area (TPSA) is 41.5 Å². The van der Waals surface area contributed by atoms with Crippen LogP contribution in [-0.4, -0.2) is 25.3 Å². The maximum Gasteiger partial charge on any atom is 0.115 e. The highest BCUT2D eigenvalue weighted by atomic mass is 16.5. The van der Waals surface area contributed by atoms with Crippen LogP contribution in [0.4, 0.5) is 0 Å². The van der Waals surface area contributed by atoms with Gasteiger partial charge in [0.1, 0.15) is 11.4 Å². The zero-order valence-electron chi connectivity index (χ0n) is 10.1. The minimum absolute atomic E-state index is 0.190. The molecular formula is C14H19NO2. The molecule has 1 aliphatic heterocycles. The number of nitrogens with one attached hydrogen (secondary N) is 1. The van der Waals surface area contributed by atoms with Crippen molar-refractivity contribution in [1.29, 1.82) is 0 Å². The van der Waals surface area contributed by atoms with Crippen molar-refractivity contribution in [2.24, 2.45) is 11.8 Å². The van der Waals surface area contributed by atoms with E-state index in [4.69, 9.17) is 4.74 Å². The molecule has 0 aromatic heterocycles. The Bertz CT molecular complexity index is 402. The second-order valence-electron chi connectivity index (χ2n) is 5.18. The number of phenols is 1. The number of hydrogen-bond acceptors (Lipinski definition) is 3. The van der Waals surface area contributed by atoms with Gasteiger partial charge >= 0.3 is 0 Å². The van der Waals surface area contributed by atoms with Gasteiger partial charge in [0, 0.05) is 32.0 Å². The number of methoxy groups -OCH3 is 1. The number of hydrogen-bond donors (Lipinski definition) is 2. The summed E-state index contributed by atoms with van der Waals surface area (Å²) in [6, 6.07) is 7.57. The van der Waals surface area contributed by atoms with Crippen LogP contribution in [0, 0.1) is 11.8 Å². The quantitative estimate of drug-likeness (QED) is 0.819. The molecule has 2 aliphatic rings. The molecule has 2 unspecified atom stereocenters. The highest BCUT2D eigenvalue weighted by Crippen LogP contribution is 2.52. The van der Waals surface area contributed by atoms with E-state index >= 15 is 0 Å². The summed E-state index contributed by atoms with van der Waals surface area (Å²) in [5.41, 5.74) is 0.943. The van der Waals surface area contributed by atoms with Crippen molar-refractivity contribution in [2.45, 2.75) is 18.4 Å². The Kier molecular flexibility index (Phi) is 2.60. The summed E-state index contributed by atoms with van der Waals surface area (Å²) in [4.78, 5) is 0. The average Bonchev–Trinajstić information content (AvgIpc) is 2.53. The average molecular weight is 233 g/mol. The van der Waals surface area contributed by atoms with E-state index < -0.39 is 0 Å². The van der Waals surface area contributed by atoms with E-state index in [-0.39, 0.29) is 5.60 Å². The first-order valence-electron chi connectivity index (χ1n) is 6.32. The molecule has 2 fully saturated rings. The maximum absolute atomic E-state index is 9.68. The van der Waals surface area contributed by atoms with Gasteiger partial charge in [-0.1, -0.05) is 12.1 Å². The van der Waals surface area contributed by atoms with Crippen LogP contribution >= 0.6 is 0 Å². The van der Waals surface area contributed by atoms with Gasteiger partial charge in [0.15, 0.2) is 0 Å². The van der Waals surface area contributed by atoms with Crippen LogP contribution < -0.4 is 5.32 Å². The van der Waals surface area contributed by atoms with Crippen LogP contribution in [0.25, 0.3) is 0 Å². The Labute approximate surface area is 102 Å². The van der Waals surface area contributed by atoms with Crippen molar-refractivity contribution in [3.05, 3.63) is 29.8 Å². The van der Waals surface area contributed by atoms with Gasteiger partial charge < -0.3 is 15.2 Å². The zero-order valence-corrected chi connectivity index (χ0v) is 10.1. The van der Waals surface area contributed by atoms with Crippen LogP contribution in [0.15, 0.2) is 24.3 Å². The molecule has 3 rings (SSSR count). The third-order valence-electron chi connectivity index (χ3n) is 4.49. The highest BCUT2D eigenvalue weighted by Gasteiger charge is 2.53. The summed E-state index contributed by atoms with van der Waals surface area (Å²) >= 11 is 0. The molecule has 0 spiro atoms. The summed E-state index contributed by atoms with van der Waals surface area (Å²) in [6.45, 7) is 2.03. The predicted octanol–water partition coefficient (Wildman–Crippen LogP) is 1.86. The zero-order chi connectivity index (χ0) is 11.9. The fourth-order valence-corrected chi connectivity index (χ4v) is 3.78. The number of benzene rings is 1. The Morgan fingerprint density at radius 2 is 2.00 bits per heavy atom. The van der Waals surface area contributed by atoms with E-state index in [1.165, 1.54) is 12.8 Å². The van der Waals surface area contributed by atoms with Gasteiger partial charge in [-0.05, 0) is 30.5 Å². The molecule has 3 heteroatoms. The minimum Gasteiger partial charge on any atom is -0.508 e. The number of rotatable bonds is 2. The number of ether oxygens (including phenoxy) is 1. The standard InChI is InChI=1S/C14H19NO2/c1-17-14(10-3-2-4-13(16)7-10)11-5-6-12(14)9-15-8-11/h2-4,7,11-12,15-16H,5-6,8-9H2,1H3. The lowest BCUT2D eigenvalue weighted by Gasteiger charge is -2.43. The van der Waals surface area contributed by atoms with Crippen molar-refractivity contribution in [3.63, 3.8) is 0 Å². The number of fused-ring (bicyclic) bond motifs is 2. The smallest absolute Gasteiger partial charge is 0.115 e. The van der Waals surface area contributed by atoms with Gasteiger partial charge in [0.2, 0.25) is 0 Å². The molecule has 1 aromatic carbocycles. The Balaban J connectivity index is 2.08. The molecule has 92 valence electrons. The second-order valence-corrected chi connectivity index (χ2v) is 5.18. The summed E-state index contributed by atoms with van der Waals surface area (Å²) < 4.78 is 5.96. The van der Waals surface area contributed by atoms with Gasteiger partial charge in [0.25, 0.3) is 0 Å². The first-order valence-corrected chi connectivity index (χ1v) is 6.32. The highest BCUT2D eigenvalue weighted by molar-refractivity contribution is 5.34. The fourth-order valence-electron chi connectivity index (χ4n) is 3.78. The van der Waals surface area contributed by atoms with Crippen molar-refractivity contribution in [1.82, 2.24) is 5.32 Å². The number of piperidine rings is 1. The number of phenolic OH excluding ortho intramolecular Hbond substituents is 1. The van der Waals surface area contributed by atoms with Crippen molar-refractivity contribution >= 4 is 0 Å². The third kappa shape index (κ3) is 1.49. The summed E-state index contributed by atoms with van der Waals surface area (Å²) in [6.07, 6.45) is 2.42. The summed E-state index contributed by atoms with van der Waals surface area (Å²) in [5, 5.41) is 13.2. The fraction of sp³-hybridized carbons (Fsp3) is 0.571. The molecule has 1 aromatic rings. The van der Waals surface area contributed by atoms with E-state index in [0.29, 0.717) is 17.6 Å². The lowest BCUT2D eigenvalue weighted by molar-refractivity contribution is -0.0932. The normalized spacial score (nSPS) is 36.1. The van der Waals surface area contributed by atoms with Gasteiger partial charge in [0.05, 0.1) is 0 Å². The van der Waals surface area contributed by atoms with E-state index in [0.717, 1.165) is 18.7 Å². The first kappa shape index (κ1) is 11.1. The Hall–Kier alpha value is -1.06. The van der Waals surface area contributed by atoms with E-state index in [1.807, 2.05) is 12.1 Å². The minimum atomic E-state index is -0.190. The van der Waals surface area contributed by atoms with E-state index in [1.54, 1.807) is 13.2 Å². The Morgan fingerprint density at radius 1 is 1.29 bits per heavy atom. The monoisotopic (exact) mass is 233 g/mol. The lowest BCUT2D eigenvalue weighted by atomic mass is 9.75. The maximum atomic E-state index is 9.68. The molecule has 2 atom stereocenters. The molecule has 1 saturated heterocycles. The first-order chi connectivity index (χ1) is 8.27. The van der Waals surface area contributed by atoms with Crippen LogP contribution in [0.5, 0.6) is 5.75 Å². The van der Waals surface area contributed by atoms with Crippen LogP contribution in [0.2, 0.25) is 0 Å².